The Hall–Kier alpha value is -3.21. The Bertz CT molecular complexity index is 729. The van der Waals surface area contributed by atoms with E-state index in [1.807, 2.05) is 0 Å². The number of hydrogen-bond acceptors (Lipinski definition) is 6. The summed E-state index contributed by atoms with van der Waals surface area (Å²) in [6.07, 6.45) is 0.852. The first-order valence-electron chi connectivity index (χ1n) is 8.33. The van der Waals surface area contributed by atoms with Gasteiger partial charge in [-0.1, -0.05) is 0 Å². The van der Waals surface area contributed by atoms with Gasteiger partial charge >= 0.3 is 0 Å². The van der Waals surface area contributed by atoms with Gasteiger partial charge in [0.15, 0.2) is 5.96 Å². The molecule has 0 saturated heterocycles. The second-order valence-electron chi connectivity index (χ2n) is 6.16. The van der Waals surface area contributed by atoms with Crippen LogP contribution in [0.25, 0.3) is 0 Å². The van der Waals surface area contributed by atoms with Gasteiger partial charge in [0.25, 0.3) is 11.6 Å². The van der Waals surface area contributed by atoms with Crippen LogP contribution in [0.4, 0.5) is 11.4 Å². The van der Waals surface area contributed by atoms with E-state index in [0.29, 0.717) is 19.4 Å². The van der Waals surface area contributed by atoms with Crippen LogP contribution in [-0.4, -0.2) is 41.3 Å². The van der Waals surface area contributed by atoms with Crippen LogP contribution in [0.2, 0.25) is 0 Å². The molecular formula is C16H25N7O4. The van der Waals surface area contributed by atoms with Gasteiger partial charge in [-0.25, -0.2) is 0 Å². The smallest absolute Gasteiger partial charge is 0.282 e. The Kier molecular flexibility index (Phi) is 8.14. The highest BCUT2D eigenvalue weighted by Crippen LogP contribution is 2.23. The van der Waals surface area contributed by atoms with Crippen molar-refractivity contribution in [1.82, 2.24) is 5.32 Å². The van der Waals surface area contributed by atoms with Crippen LogP contribution in [-0.2, 0) is 4.79 Å². The predicted molar refractivity (Wildman–Crippen MR) is 102 cm³/mol. The van der Waals surface area contributed by atoms with E-state index in [1.54, 1.807) is 13.8 Å². The topological polar surface area (TPSA) is 192 Å². The van der Waals surface area contributed by atoms with Gasteiger partial charge in [-0.2, -0.15) is 0 Å². The molecule has 0 bridgehead atoms. The summed E-state index contributed by atoms with van der Waals surface area (Å²) in [4.78, 5) is 38.6. The SMILES string of the molecule is CC(C)NC(=O)c1cc(NC(=O)[C@@H](N)CCCN=C(N)N)ccc1[N+](=O)[O-]. The van der Waals surface area contributed by atoms with E-state index in [-0.39, 0.29) is 28.9 Å². The largest absolute Gasteiger partial charge is 0.370 e. The summed E-state index contributed by atoms with van der Waals surface area (Å²) in [5.41, 5.74) is 16.0. The van der Waals surface area contributed by atoms with E-state index in [1.165, 1.54) is 12.1 Å². The zero-order chi connectivity index (χ0) is 20.6. The fraction of sp³-hybridized carbons (Fsp3) is 0.438. The fourth-order valence-electron chi connectivity index (χ4n) is 2.18. The zero-order valence-electron chi connectivity index (χ0n) is 15.3. The third-order valence-electron chi connectivity index (χ3n) is 3.43. The average molecular weight is 379 g/mol. The number of nitro benzene ring substituents is 1. The molecule has 0 aromatic heterocycles. The predicted octanol–water partition coefficient (Wildman–Crippen LogP) is 0.0524. The molecule has 0 saturated carbocycles. The number of amides is 2. The number of rotatable bonds is 9. The number of carbonyl (C=O) groups excluding carboxylic acids is 2. The Morgan fingerprint density at radius 2 is 1.96 bits per heavy atom. The minimum absolute atomic E-state index is 0.0360. The highest BCUT2D eigenvalue weighted by Gasteiger charge is 2.22. The van der Waals surface area contributed by atoms with Crippen molar-refractivity contribution in [3.63, 3.8) is 0 Å². The summed E-state index contributed by atoms with van der Waals surface area (Å²) in [5, 5.41) is 16.3. The zero-order valence-corrected chi connectivity index (χ0v) is 15.3. The van der Waals surface area contributed by atoms with Crippen LogP contribution in [0, 0.1) is 10.1 Å². The first-order valence-corrected chi connectivity index (χ1v) is 8.33. The molecule has 1 aromatic rings. The van der Waals surface area contributed by atoms with Crippen molar-refractivity contribution in [3.05, 3.63) is 33.9 Å². The van der Waals surface area contributed by atoms with E-state index in [2.05, 4.69) is 15.6 Å². The minimum atomic E-state index is -0.817. The van der Waals surface area contributed by atoms with Crippen LogP contribution < -0.4 is 27.8 Å². The van der Waals surface area contributed by atoms with Crippen LogP contribution >= 0.6 is 0 Å². The molecule has 148 valence electrons. The molecule has 0 heterocycles. The molecule has 11 nitrogen and oxygen atoms in total. The first-order chi connectivity index (χ1) is 12.6. The number of nitro groups is 1. The lowest BCUT2D eigenvalue weighted by molar-refractivity contribution is -0.385. The number of aliphatic imine (C=N–C) groups is 1. The third kappa shape index (κ3) is 7.28. The summed E-state index contributed by atoms with van der Waals surface area (Å²) in [7, 11) is 0. The molecule has 1 atom stereocenters. The molecule has 1 rings (SSSR count). The van der Waals surface area contributed by atoms with E-state index >= 15 is 0 Å². The van der Waals surface area contributed by atoms with Crippen LogP contribution in [0.1, 0.15) is 37.0 Å². The minimum Gasteiger partial charge on any atom is -0.370 e. The third-order valence-corrected chi connectivity index (χ3v) is 3.43. The van der Waals surface area contributed by atoms with Crippen LogP contribution in [0.5, 0.6) is 0 Å². The number of hydrogen-bond donors (Lipinski definition) is 5. The summed E-state index contributed by atoms with van der Waals surface area (Å²) >= 11 is 0. The normalized spacial score (nSPS) is 11.6. The van der Waals surface area contributed by atoms with E-state index < -0.39 is 22.8 Å². The van der Waals surface area contributed by atoms with E-state index in [4.69, 9.17) is 17.2 Å². The molecule has 0 radical (unpaired) electrons. The van der Waals surface area contributed by atoms with Crippen molar-refractivity contribution in [1.29, 1.82) is 0 Å². The lowest BCUT2D eigenvalue weighted by atomic mass is 10.1. The monoisotopic (exact) mass is 379 g/mol. The van der Waals surface area contributed by atoms with Crippen LogP contribution in [0.15, 0.2) is 23.2 Å². The first kappa shape index (κ1) is 21.8. The standard InChI is InChI=1S/C16H25N7O4/c1-9(2)21-14(24)11-8-10(5-6-13(11)23(26)27)22-15(25)12(17)4-3-7-20-16(18)19/h5-6,8-9,12H,3-4,7,17H2,1-2H3,(H,21,24)(H,22,25)(H4,18,19,20)/t12-/m0/s1. The number of anilines is 1. The molecule has 8 N–H and O–H groups in total. The number of nitrogens with two attached hydrogens (primary N) is 3. The summed E-state index contributed by atoms with van der Waals surface area (Å²) in [6.45, 7) is 3.81. The average Bonchev–Trinajstić information content (AvgIpc) is 2.57. The van der Waals surface area contributed by atoms with Gasteiger partial charge in [-0.3, -0.25) is 24.7 Å². The lowest BCUT2D eigenvalue weighted by Crippen LogP contribution is -2.36. The van der Waals surface area contributed by atoms with Crippen LogP contribution in [0.3, 0.4) is 0 Å². The maximum Gasteiger partial charge on any atom is 0.282 e. The second kappa shape index (κ2) is 10.1. The van der Waals surface area contributed by atoms with Gasteiger partial charge in [0, 0.05) is 24.3 Å². The Morgan fingerprint density at radius 1 is 1.30 bits per heavy atom. The number of nitrogens with zero attached hydrogens (tertiary/aromatic N) is 2. The molecule has 11 heteroatoms. The fourth-order valence-corrected chi connectivity index (χ4v) is 2.18. The molecule has 0 aliphatic carbocycles. The maximum atomic E-state index is 12.2. The van der Waals surface area contributed by atoms with Gasteiger partial charge in [-0.15, -0.1) is 0 Å². The van der Waals surface area contributed by atoms with Gasteiger partial charge in [0.1, 0.15) is 5.56 Å². The molecule has 27 heavy (non-hydrogen) atoms. The molecule has 0 aliphatic heterocycles. The number of carbonyl (C=O) groups is 2. The molecular weight excluding hydrogens is 354 g/mol. The molecule has 2 amide bonds. The van der Waals surface area contributed by atoms with Crippen molar-refractivity contribution in [2.24, 2.45) is 22.2 Å². The van der Waals surface area contributed by atoms with Crippen molar-refractivity contribution in [2.45, 2.75) is 38.8 Å². The lowest BCUT2D eigenvalue weighted by Gasteiger charge is -2.13. The highest BCUT2D eigenvalue weighted by atomic mass is 16.6. The number of nitrogens with one attached hydrogen (secondary N) is 2. The number of guanidine groups is 1. The molecule has 0 unspecified atom stereocenters. The Labute approximate surface area is 156 Å². The van der Waals surface area contributed by atoms with E-state index in [0.717, 1.165) is 6.07 Å². The van der Waals surface area contributed by atoms with E-state index in [9.17, 15) is 19.7 Å². The molecule has 0 spiro atoms. The van der Waals surface area contributed by atoms with Crippen molar-refractivity contribution < 1.29 is 14.5 Å². The van der Waals surface area contributed by atoms with Gasteiger partial charge < -0.3 is 27.8 Å². The van der Waals surface area contributed by atoms with Gasteiger partial charge in [0.05, 0.1) is 11.0 Å². The molecule has 0 aliphatic rings. The van der Waals surface area contributed by atoms with Crippen molar-refractivity contribution in [2.75, 3.05) is 11.9 Å². The Balaban J connectivity index is 2.85. The molecule has 0 fully saturated rings. The van der Waals surface area contributed by atoms with Crippen molar-refractivity contribution in [3.8, 4) is 0 Å². The Morgan fingerprint density at radius 3 is 2.52 bits per heavy atom. The summed E-state index contributed by atoms with van der Waals surface area (Å²) < 4.78 is 0. The number of benzene rings is 1. The quantitative estimate of drug-likeness (QED) is 0.131. The van der Waals surface area contributed by atoms with Crippen molar-refractivity contribution >= 4 is 29.1 Å². The second-order valence-corrected chi connectivity index (χ2v) is 6.16. The molecule has 1 aromatic carbocycles. The summed E-state index contributed by atoms with van der Waals surface area (Å²) in [5.74, 6) is -1.12. The maximum absolute atomic E-state index is 12.2. The highest BCUT2D eigenvalue weighted by molar-refractivity contribution is 6.01. The van der Waals surface area contributed by atoms with Gasteiger partial charge in [0.2, 0.25) is 5.91 Å². The summed E-state index contributed by atoms with van der Waals surface area (Å²) in [6, 6.07) is 2.74. The van der Waals surface area contributed by atoms with Gasteiger partial charge in [-0.05, 0) is 38.8 Å².